The average Bonchev–Trinajstić information content (AvgIpc) is 2.76. The summed E-state index contributed by atoms with van der Waals surface area (Å²) in [4.78, 5) is 29.0. The van der Waals surface area contributed by atoms with E-state index in [1.54, 1.807) is 24.3 Å². The van der Waals surface area contributed by atoms with Gasteiger partial charge in [0.1, 0.15) is 12.4 Å². The highest BCUT2D eigenvalue weighted by Gasteiger charge is 2.30. The maximum Gasteiger partial charge on any atom is 0.338 e. The van der Waals surface area contributed by atoms with E-state index in [-0.39, 0.29) is 28.5 Å². The Hall–Kier alpha value is -3.67. The minimum absolute atomic E-state index is 0.0697. The third-order valence-corrected chi connectivity index (χ3v) is 5.17. The topological polar surface area (TPSA) is 96.7 Å². The van der Waals surface area contributed by atoms with Crippen molar-refractivity contribution in [1.29, 1.82) is 0 Å². The fraction of sp³-hybridized carbons (Fsp3) is 0.269. The standard InChI is InChI=1S/C26H27NO5/c1-15(2)23-21(25(28)29)20(22(26(30)31)24(27-23)16(3)4)18-10-12-19(13-11-18)32-14-17-8-6-5-7-9-17/h5-13,15-16H,14H2,1-4H3,(H,28,29)(H,30,31). The lowest BCUT2D eigenvalue weighted by atomic mass is 9.87. The summed E-state index contributed by atoms with van der Waals surface area (Å²) in [7, 11) is 0. The number of rotatable bonds is 8. The number of ether oxygens (including phenoxy) is 1. The van der Waals surface area contributed by atoms with Gasteiger partial charge >= 0.3 is 11.9 Å². The number of nitrogens with zero attached hydrogens (tertiary/aromatic N) is 1. The van der Waals surface area contributed by atoms with Gasteiger partial charge in [-0.3, -0.25) is 4.98 Å². The predicted octanol–water partition coefficient (Wildman–Crippen LogP) is 5.97. The van der Waals surface area contributed by atoms with Gasteiger partial charge in [0, 0.05) is 5.56 Å². The van der Waals surface area contributed by atoms with E-state index in [0.717, 1.165) is 5.56 Å². The lowest BCUT2D eigenvalue weighted by Crippen LogP contribution is -2.18. The Morgan fingerprint density at radius 3 is 1.75 bits per heavy atom. The van der Waals surface area contributed by atoms with Crippen LogP contribution in [0.25, 0.3) is 11.1 Å². The summed E-state index contributed by atoms with van der Waals surface area (Å²) in [5.74, 6) is -2.16. The van der Waals surface area contributed by atoms with Crippen LogP contribution in [0.15, 0.2) is 54.6 Å². The molecule has 0 aliphatic rings. The number of carbonyl (C=O) groups is 2. The highest BCUT2D eigenvalue weighted by Crippen LogP contribution is 2.37. The molecule has 6 nitrogen and oxygen atoms in total. The van der Waals surface area contributed by atoms with Gasteiger partial charge in [-0.15, -0.1) is 0 Å². The summed E-state index contributed by atoms with van der Waals surface area (Å²) < 4.78 is 5.82. The molecule has 2 N–H and O–H groups in total. The van der Waals surface area contributed by atoms with Crippen molar-refractivity contribution in [2.45, 2.75) is 46.1 Å². The normalized spacial score (nSPS) is 11.1. The predicted molar refractivity (Wildman–Crippen MR) is 123 cm³/mol. The smallest absolute Gasteiger partial charge is 0.338 e. The number of aromatic nitrogens is 1. The van der Waals surface area contributed by atoms with Gasteiger partial charge in [-0.25, -0.2) is 9.59 Å². The summed E-state index contributed by atoms with van der Waals surface area (Å²) >= 11 is 0. The Kier molecular flexibility index (Phi) is 6.93. The molecule has 3 rings (SSSR count). The van der Waals surface area contributed by atoms with Crippen LogP contribution in [-0.4, -0.2) is 27.1 Å². The summed E-state index contributed by atoms with van der Waals surface area (Å²) in [6.07, 6.45) is 0. The van der Waals surface area contributed by atoms with Gasteiger partial charge in [-0.1, -0.05) is 70.2 Å². The monoisotopic (exact) mass is 433 g/mol. The van der Waals surface area contributed by atoms with E-state index in [2.05, 4.69) is 4.98 Å². The highest BCUT2D eigenvalue weighted by atomic mass is 16.5. The summed E-state index contributed by atoms with van der Waals surface area (Å²) in [5, 5.41) is 20.0. The Morgan fingerprint density at radius 2 is 1.31 bits per heavy atom. The third kappa shape index (κ3) is 4.80. The molecule has 0 unspecified atom stereocenters. The van der Waals surface area contributed by atoms with Gasteiger partial charge < -0.3 is 14.9 Å². The molecule has 0 atom stereocenters. The van der Waals surface area contributed by atoms with E-state index >= 15 is 0 Å². The van der Waals surface area contributed by atoms with Crippen LogP contribution in [0.1, 0.15) is 77.2 Å². The summed E-state index contributed by atoms with van der Waals surface area (Å²) in [6, 6.07) is 16.6. The lowest BCUT2D eigenvalue weighted by molar-refractivity contribution is 0.0694. The SMILES string of the molecule is CC(C)c1nc(C(C)C)c(C(=O)O)c(-c2ccc(OCc3ccccc3)cc2)c1C(=O)O. The van der Waals surface area contributed by atoms with Crippen molar-refractivity contribution < 1.29 is 24.5 Å². The maximum absolute atomic E-state index is 12.2. The first kappa shape index (κ1) is 23.0. The van der Waals surface area contributed by atoms with Crippen LogP contribution < -0.4 is 4.74 Å². The van der Waals surface area contributed by atoms with Crippen LogP contribution in [0.2, 0.25) is 0 Å². The van der Waals surface area contributed by atoms with E-state index in [1.807, 2.05) is 58.0 Å². The van der Waals surface area contributed by atoms with E-state index in [0.29, 0.717) is 29.3 Å². The number of carboxylic acid groups (broad SMARTS) is 2. The Bertz CT molecular complexity index is 1070. The number of pyridine rings is 1. The zero-order valence-electron chi connectivity index (χ0n) is 18.6. The molecule has 0 saturated carbocycles. The van der Waals surface area contributed by atoms with Crippen molar-refractivity contribution >= 4 is 11.9 Å². The molecule has 6 heteroatoms. The first-order valence-corrected chi connectivity index (χ1v) is 10.5. The molecule has 0 saturated heterocycles. The van der Waals surface area contributed by atoms with Crippen molar-refractivity contribution in [3.05, 3.63) is 82.7 Å². The molecular weight excluding hydrogens is 406 g/mol. The molecule has 0 radical (unpaired) electrons. The fourth-order valence-electron chi connectivity index (χ4n) is 3.64. The minimum Gasteiger partial charge on any atom is -0.489 e. The lowest BCUT2D eigenvalue weighted by Gasteiger charge is -2.21. The van der Waals surface area contributed by atoms with E-state index < -0.39 is 11.9 Å². The molecular formula is C26H27NO5. The van der Waals surface area contributed by atoms with E-state index in [4.69, 9.17) is 4.74 Å². The van der Waals surface area contributed by atoms with Crippen molar-refractivity contribution in [2.24, 2.45) is 0 Å². The van der Waals surface area contributed by atoms with Gasteiger partial charge in [0.15, 0.2) is 0 Å². The quantitative estimate of drug-likeness (QED) is 0.454. The maximum atomic E-state index is 12.2. The van der Waals surface area contributed by atoms with Crippen molar-refractivity contribution in [1.82, 2.24) is 4.98 Å². The molecule has 1 heterocycles. The molecule has 0 aliphatic heterocycles. The molecule has 2 aromatic carbocycles. The Labute approximate surface area is 187 Å². The van der Waals surface area contributed by atoms with Crippen LogP contribution in [-0.2, 0) is 6.61 Å². The van der Waals surface area contributed by atoms with Gasteiger partial charge in [-0.2, -0.15) is 0 Å². The molecule has 0 amide bonds. The van der Waals surface area contributed by atoms with Gasteiger partial charge in [0.05, 0.1) is 22.5 Å². The molecule has 3 aromatic rings. The third-order valence-electron chi connectivity index (χ3n) is 5.17. The number of hydrogen-bond donors (Lipinski definition) is 2. The van der Waals surface area contributed by atoms with Gasteiger partial charge in [0.2, 0.25) is 0 Å². The van der Waals surface area contributed by atoms with E-state index in [1.165, 1.54) is 0 Å². The fourth-order valence-corrected chi connectivity index (χ4v) is 3.64. The molecule has 32 heavy (non-hydrogen) atoms. The van der Waals surface area contributed by atoms with Crippen molar-refractivity contribution in [2.75, 3.05) is 0 Å². The van der Waals surface area contributed by atoms with E-state index in [9.17, 15) is 19.8 Å². The zero-order valence-corrected chi connectivity index (χ0v) is 18.6. The second-order valence-electron chi connectivity index (χ2n) is 8.23. The van der Waals surface area contributed by atoms with Gasteiger partial charge in [0.25, 0.3) is 0 Å². The highest BCUT2D eigenvalue weighted by molar-refractivity contribution is 6.06. The molecule has 0 bridgehead atoms. The van der Waals surface area contributed by atoms with Crippen LogP contribution >= 0.6 is 0 Å². The second-order valence-corrected chi connectivity index (χ2v) is 8.23. The largest absolute Gasteiger partial charge is 0.489 e. The Morgan fingerprint density at radius 1 is 0.812 bits per heavy atom. The number of hydrogen-bond acceptors (Lipinski definition) is 4. The second kappa shape index (κ2) is 9.64. The van der Waals surface area contributed by atoms with Gasteiger partial charge in [-0.05, 0) is 35.1 Å². The molecule has 0 spiro atoms. The summed E-state index contributed by atoms with van der Waals surface area (Å²) in [6.45, 7) is 7.80. The van der Waals surface area contributed by atoms with Crippen LogP contribution in [0, 0.1) is 0 Å². The molecule has 166 valence electrons. The van der Waals surface area contributed by atoms with Crippen LogP contribution in [0.5, 0.6) is 5.75 Å². The summed E-state index contributed by atoms with van der Waals surface area (Å²) in [5.41, 5.74) is 2.32. The first-order chi connectivity index (χ1) is 15.2. The zero-order chi connectivity index (χ0) is 23.4. The van der Waals surface area contributed by atoms with Crippen molar-refractivity contribution in [3.8, 4) is 16.9 Å². The number of benzene rings is 2. The number of aromatic carboxylic acids is 2. The number of carboxylic acids is 2. The van der Waals surface area contributed by atoms with Crippen LogP contribution in [0.4, 0.5) is 0 Å². The van der Waals surface area contributed by atoms with Crippen molar-refractivity contribution in [3.63, 3.8) is 0 Å². The first-order valence-electron chi connectivity index (χ1n) is 10.5. The Balaban J connectivity index is 2.12. The average molecular weight is 434 g/mol. The molecule has 1 aromatic heterocycles. The molecule has 0 fully saturated rings. The van der Waals surface area contributed by atoms with Crippen LogP contribution in [0.3, 0.4) is 0 Å². The molecule has 0 aliphatic carbocycles. The minimum atomic E-state index is -1.20.